The van der Waals surface area contributed by atoms with Gasteiger partial charge < -0.3 is 19.3 Å². The molecule has 4 nitrogen and oxygen atoms in total. The molecular weight excluding hydrogens is 588 g/mol. The van der Waals surface area contributed by atoms with Crippen molar-refractivity contribution in [1.82, 2.24) is 9.80 Å². The SMILES string of the molecule is CCCCCCCCN(CCCCC)CCOCc1ccc(-c2ccc(COCCN(CCCCC)CCCCCCCC)cc2)cc1. The van der Waals surface area contributed by atoms with Crippen molar-refractivity contribution < 1.29 is 9.47 Å². The molecule has 48 heavy (non-hydrogen) atoms. The van der Waals surface area contributed by atoms with Crippen LogP contribution in [-0.4, -0.2) is 62.3 Å². The van der Waals surface area contributed by atoms with Gasteiger partial charge in [-0.25, -0.2) is 0 Å². The zero-order chi connectivity index (χ0) is 34.3. The fourth-order valence-electron chi connectivity index (χ4n) is 6.43. The van der Waals surface area contributed by atoms with E-state index in [0.717, 1.165) is 26.3 Å². The maximum Gasteiger partial charge on any atom is 0.0717 e. The van der Waals surface area contributed by atoms with Crippen LogP contribution in [0, 0.1) is 0 Å². The number of benzene rings is 2. The second kappa shape index (κ2) is 30.1. The highest BCUT2D eigenvalue weighted by Crippen LogP contribution is 2.21. The minimum absolute atomic E-state index is 0.686. The molecule has 2 aromatic rings. The largest absolute Gasteiger partial charge is 0.375 e. The third kappa shape index (κ3) is 21.4. The van der Waals surface area contributed by atoms with Gasteiger partial charge in [0.15, 0.2) is 0 Å². The molecule has 0 unspecified atom stereocenters. The van der Waals surface area contributed by atoms with Crippen molar-refractivity contribution in [2.45, 2.75) is 156 Å². The van der Waals surface area contributed by atoms with Crippen LogP contribution in [0.25, 0.3) is 11.1 Å². The van der Waals surface area contributed by atoms with Gasteiger partial charge in [0.05, 0.1) is 26.4 Å². The summed E-state index contributed by atoms with van der Waals surface area (Å²) in [6.45, 7) is 19.1. The number of unbranched alkanes of at least 4 members (excludes halogenated alkanes) is 14. The molecule has 0 bridgehead atoms. The predicted molar refractivity (Wildman–Crippen MR) is 210 cm³/mol. The molecule has 0 spiro atoms. The second-order valence-corrected chi connectivity index (χ2v) is 14.1. The van der Waals surface area contributed by atoms with Crippen LogP contribution in [-0.2, 0) is 22.7 Å². The van der Waals surface area contributed by atoms with Crippen LogP contribution in [0.1, 0.15) is 154 Å². The highest BCUT2D eigenvalue weighted by atomic mass is 16.5. The Bertz CT molecular complexity index is 881. The molecule has 0 fully saturated rings. The van der Waals surface area contributed by atoms with E-state index in [1.165, 1.54) is 164 Å². The smallest absolute Gasteiger partial charge is 0.0717 e. The first kappa shape index (κ1) is 42.4. The Hall–Kier alpha value is -1.72. The molecule has 0 radical (unpaired) electrons. The summed E-state index contributed by atoms with van der Waals surface area (Å²) in [6, 6.07) is 17.8. The number of hydrogen-bond acceptors (Lipinski definition) is 4. The van der Waals surface area contributed by atoms with Crippen molar-refractivity contribution in [2.75, 3.05) is 52.5 Å². The van der Waals surface area contributed by atoms with Gasteiger partial charge in [-0.2, -0.15) is 0 Å². The van der Waals surface area contributed by atoms with Crippen LogP contribution >= 0.6 is 0 Å². The molecule has 0 aliphatic heterocycles. The van der Waals surface area contributed by atoms with Gasteiger partial charge in [0, 0.05) is 13.1 Å². The van der Waals surface area contributed by atoms with Crippen LogP contribution in [0.15, 0.2) is 48.5 Å². The van der Waals surface area contributed by atoms with Gasteiger partial charge in [-0.1, -0.05) is 166 Å². The molecule has 0 saturated heterocycles. The van der Waals surface area contributed by atoms with Crippen LogP contribution in [0.2, 0.25) is 0 Å². The van der Waals surface area contributed by atoms with Gasteiger partial charge >= 0.3 is 0 Å². The highest BCUT2D eigenvalue weighted by molar-refractivity contribution is 5.63. The van der Waals surface area contributed by atoms with E-state index in [1.807, 2.05) is 0 Å². The van der Waals surface area contributed by atoms with E-state index in [1.54, 1.807) is 0 Å². The minimum atomic E-state index is 0.686. The summed E-state index contributed by atoms with van der Waals surface area (Å²) in [4.78, 5) is 5.27. The molecule has 2 rings (SSSR count). The van der Waals surface area contributed by atoms with Gasteiger partial charge in [-0.3, -0.25) is 0 Å². The number of rotatable bonds is 33. The average molecular weight is 665 g/mol. The summed E-state index contributed by atoms with van der Waals surface area (Å²) >= 11 is 0. The summed E-state index contributed by atoms with van der Waals surface area (Å²) in [5.74, 6) is 0. The van der Waals surface area contributed by atoms with Crippen molar-refractivity contribution in [2.24, 2.45) is 0 Å². The summed E-state index contributed by atoms with van der Waals surface area (Å²) in [5.41, 5.74) is 5.00. The number of hydrogen-bond donors (Lipinski definition) is 0. The van der Waals surface area contributed by atoms with Crippen molar-refractivity contribution in [1.29, 1.82) is 0 Å². The van der Waals surface area contributed by atoms with Crippen LogP contribution in [0.3, 0.4) is 0 Å². The third-order valence-electron chi connectivity index (χ3n) is 9.69. The molecule has 274 valence electrons. The summed E-state index contributed by atoms with van der Waals surface area (Å²) in [7, 11) is 0. The average Bonchev–Trinajstić information content (AvgIpc) is 3.11. The first-order valence-electron chi connectivity index (χ1n) is 20.5. The van der Waals surface area contributed by atoms with Crippen molar-refractivity contribution in [3.05, 3.63) is 59.7 Å². The molecule has 2 aromatic carbocycles. The first-order valence-corrected chi connectivity index (χ1v) is 20.5. The summed E-state index contributed by atoms with van der Waals surface area (Å²) in [5, 5.41) is 0. The Balaban J connectivity index is 1.69. The lowest BCUT2D eigenvalue weighted by Crippen LogP contribution is -2.30. The van der Waals surface area contributed by atoms with E-state index in [2.05, 4.69) is 86.0 Å². The van der Waals surface area contributed by atoms with Crippen molar-refractivity contribution in [3.8, 4) is 11.1 Å². The minimum Gasteiger partial charge on any atom is -0.375 e. The fraction of sp³-hybridized carbons (Fsp3) is 0.727. The quantitative estimate of drug-likeness (QED) is 0.0709. The molecule has 0 aliphatic rings. The fourth-order valence-corrected chi connectivity index (χ4v) is 6.43. The van der Waals surface area contributed by atoms with Gasteiger partial charge in [0.1, 0.15) is 0 Å². The van der Waals surface area contributed by atoms with Gasteiger partial charge in [0.2, 0.25) is 0 Å². The molecule has 0 aliphatic carbocycles. The van der Waals surface area contributed by atoms with E-state index >= 15 is 0 Å². The monoisotopic (exact) mass is 665 g/mol. The zero-order valence-electron chi connectivity index (χ0n) is 32.1. The van der Waals surface area contributed by atoms with E-state index in [9.17, 15) is 0 Å². The molecule has 0 atom stereocenters. The summed E-state index contributed by atoms with van der Waals surface area (Å²) in [6.07, 6.45) is 24.2. The lowest BCUT2D eigenvalue weighted by molar-refractivity contribution is 0.0911. The molecule has 0 aromatic heterocycles. The molecule has 0 amide bonds. The maximum absolute atomic E-state index is 6.14. The van der Waals surface area contributed by atoms with E-state index in [0.29, 0.717) is 13.2 Å². The third-order valence-corrected chi connectivity index (χ3v) is 9.69. The van der Waals surface area contributed by atoms with E-state index < -0.39 is 0 Å². The van der Waals surface area contributed by atoms with E-state index in [4.69, 9.17) is 9.47 Å². The summed E-state index contributed by atoms with van der Waals surface area (Å²) < 4.78 is 12.3. The molecular formula is C44H76N2O2. The second-order valence-electron chi connectivity index (χ2n) is 14.1. The van der Waals surface area contributed by atoms with Crippen molar-refractivity contribution >= 4 is 0 Å². The topological polar surface area (TPSA) is 24.9 Å². The number of ether oxygens (including phenoxy) is 2. The Labute approximate surface area is 298 Å². The standard InChI is InChI=1S/C44H76N2O2/c1-5-9-13-15-17-21-33-45(31-19-11-7-3)35-37-47-39-41-23-27-43(28-24-41)44-29-25-42(26-30-44)40-48-38-36-46(32-20-12-8-4)34-22-18-16-14-10-6-2/h23-30H,5-22,31-40H2,1-4H3. The van der Waals surface area contributed by atoms with Crippen LogP contribution < -0.4 is 0 Å². The van der Waals surface area contributed by atoms with E-state index in [-0.39, 0.29) is 0 Å². The Morgan fingerprint density at radius 3 is 1.00 bits per heavy atom. The Morgan fingerprint density at radius 2 is 0.646 bits per heavy atom. The number of nitrogens with zero attached hydrogens (tertiary/aromatic N) is 2. The van der Waals surface area contributed by atoms with Gasteiger partial charge in [0.25, 0.3) is 0 Å². The molecule has 4 heteroatoms. The van der Waals surface area contributed by atoms with Gasteiger partial charge in [-0.05, 0) is 74.1 Å². The lowest BCUT2D eigenvalue weighted by atomic mass is 10.0. The molecule has 0 saturated carbocycles. The predicted octanol–water partition coefficient (Wildman–Crippen LogP) is 12.1. The lowest BCUT2D eigenvalue weighted by Gasteiger charge is -2.22. The first-order chi connectivity index (χ1) is 23.7. The Morgan fingerprint density at radius 1 is 0.354 bits per heavy atom. The van der Waals surface area contributed by atoms with Gasteiger partial charge in [-0.15, -0.1) is 0 Å². The van der Waals surface area contributed by atoms with Crippen LogP contribution in [0.4, 0.5) is 0 Å². The highest BCUT2D eigenvalue weighted by Gasteiger charge is 2.07. The Kier molecular flexibility index (Phi) is 26.6. The van der Waals surface area contributed by atoms with Crippen LogP contribution in [0.5, 0.6) is 0 Å². The molecule has 0 N–H and O–H groups in total. The maximum atomic E-state index is 6.14. The van der Waals surface area contributed by atoms with Crippen molar-refractivity contribution in [3.63, 3.8) is 0 Å². The normalized spacial score (nSPS) is 11.7. The molecule has 0 heterocycles. The zero-order valence-corrected chi connectivity index (χ0v) is 32.1.